The molecule has 0 heterocycles. The number of carbonyl (C=O) groups is 1. The number of rotatable bonds is 6. The molecule has 2 aromatic rings. The Morgan fingerprint density at radius 3 is 2.48 bits per heavy atom. The molecule has 1 amide bonds. The molecule has 0 aromatic heterocycles. The smallest absolute Gasteiger partial charge is 0.251 e. The van der Waals surface area contributed by atoms with Gasteiger partial charge >= 0.3 is 0 Å². The number of aliphatic hydroxyl groups excluding tert-OH is 1. The van der Waals surface area contributed by atoms with Crippen molar-refractivity contribution >= 4 is 5.91 Å². The number of hydrogen-bond donors (Lipinski definition) is 2. The molecule has 0 unspecified atom stereocenters. The summed E-state index contributed by atoms with van der Waals surface area (Å²) in [5.41, 5.74) is 3.37. The summed E-state index contributed by atoms with van der Waals surface area (Å²) in [6.45, 7) is 4.10. The van der Waals surface area contributed by atoms with Crippen molar-refractivity contribution in [2.75, 3.05) is 13.2 Å². The number of carbonyl (C=O) groups excluding carboxylic acids is 1. The molecule has 3 nitrogen and oxygen atoms in total. The third kappa shape index (κ3) is 4.89. The van der Waals surface area contributed by atoms with Crippen LogP contribution in [0.25, 0.3) is 0 Å². The number of aryl methyl sites for hydroxylation is 2. The van der Waals surface area contributed by atoms with Crippen molar-refractivity contribution < 1.29 is 14.3 Å². The Hall–Kier alpha value is -2.20. The second kappa shape index (κ2) is 7.88. The van der Waals surface area contributed by atoms with E-state index in [9.17, 15) is 14.3 Å². The van der Waals surface area contributed by atoms with Crippen LogP contribution in [0.4, 0.5) is 4.39 Å². The van der Waals surface area contributed by atoms with E-state index in [2.05, 4.69) is 5.32 Å². The van der Waals surface area contributed by atoms with Crippen LogP contribution in [0.15, 0.2) is 42.5 Å². The molecule has 1 atom stereocenters. The van der Waals surface area contributed by atoms with E-state index >= 15 is 0 Å². The summed E-state index contributed by atoms with van der Waals surface area (Å²) >= 11 is 0. The molecule has 0 saturated carbocycles. The van der Waals surface area contributed by atoms with Gasteiger partial charge in [-0.15, -0.1) is 0 Å². The lowest BCUT2D eigenvalue weighted by Gasteiger charge is -2.16. The summed E-state index contributed by atoms with van der Waals surface area (Å²) in [6.07, 6.45) is 0.694. The number of amides is 1. The van der Waals surface area contributed by atoms with Gasteiger partial charge in [-0.2, -0.15) is 0 Å². The predicted octanol–water partition coefficient (Wildman–Crippen LogP) is 3.02. The molecule has 0 aliphatic heterocycles. The van der Waals surface area contributed by atoms with E-state index in [4.69, 9.17) is 0 Å². The SMILES string of the molecule is Cc1ccc(C[C@H](CO)CNC(=O)c2ccc(F)cc2C)cc1. The van der Waals surface area contributed by atoms with E-state index in [0.717, 1.165) is 5.56 Å². The molecule has 0 aliphatic carbocycles. The lowest BCUT2D eigenvalue weighted by Crippen LogP contribution is -2.32. The van der Waals surface area contributed by atoms with Crippen molar-refractivity contribution in [3.63, 3.8) is 0 Å². The maximum absolute atomic E-state index is 13.1. The van der Waals surface area contributed by atoms with Crippen LogP contribution in [0, 0.1) is 25.6 Å². The molecule has 122 valence electrons. The van der Waals surface area contributed by atoms with Crippen molar-refractivity contribution in [3.8, 4) is 0 Å². The van der Waals surface area contributed by atoms with Crippen molar-refractivity contribution in [1.82, 2.24) is 5.32 Å². The standard InChI is InChI=1S/C19H22FNO2/c1-13-3-5-15(6-4-13)10-16(12-22)11-21-19(23)18-8-7-17(20)9-14(18)2/h3-9,16,22H,10-12H2,1-2H3,(H,21,23)/t16-/m0/s1. The van der Waals surface area contributed by atoms with E-state index in [1.165, 1.54) is 23.8 Å². The summed E-state index contributed by atoms with van der Waals surface area (Å²) in [5, 5.41) is 12.3. The van der Waals surface area contributed by atoms with E-state index in [1.54, 1.807) is 6.92 Å². The highest BCUT2D eigenvalue weighted by Gasteiger charge is 2.13. The zero-order chi connectivity index (χ0) is 16.8. The first-order valence-electron chi connectivity index (χ1n) is 7.70. The van der Waals surface area contributed by atoms with Crippen LogP contribution in [-0.2, 0) is 6.42 Å². The normalized spacial score (nSPS) is 12.0. The number of aliphatic hydroxyl groups is 1. The average Bonchev–Trinajstić information content (AvgIpc) is 2.53. The molecule has 2 aromatic carbocycles. The fourth-order valence-electron chi connectivity index (χ4n) is 2.47. The third-order valence-corrected chi connectivity index (χ3v) is 3.89. The minimum Gasteiger partial charge on any atom is -0.396 e. The largest absolute Gasteiger partial charge is 0.396 e. The molecular formula is C19H22FNO2. The Balaban J connectivity index is 1.94. The Labute approximate surface area is 136 Å². The van der Waals surface area contributed by atoms with Gasteiger partial charge in [0.15, 0.2) is 0 Å². The van der Waals surface area contributed by atoms with Crippen LogP contribution in [0.5, 0.6) is 0 Å². The van der Waals surface area contributed by atoms with Crippen molar-refractivity contribution in [3.05, 3.63) is 70.5 Å². The number of benzene rings is 2. The summed E-state index contributed by atoms with van der Waals surface area (Å²) in [4.78, 5) is 12.2. The molecule has 2 rings (SSSR count). The van der Waals surface area contributed by atoms with Gasteiger partial charge in [-0.05, 0) is 49.6 Å². The van der Waals surface area contributed by atoms with Crippen LogP contribution in [0.1, 0.15) is 27.0 Å². The van der Waals surface area contributed by atoms with E-state index in [-0.39, 0.29) is 24.2 Å². The van der Waals surface area contributed by atoms with Crippen LogP contribution < -0.4 is 5.32 Å². The van der Waals surface area contributed by atoms with Gasteiger partial charge in [-0.3, -0.25) is 4.79 Å². The molecule has 0 bridgehead atoms. The van der Waals surface area contributed by atoms with Crippen LogP contribution in [-0.4, -0.2) is 24.2 Å². The zero-order valence-electron chi connectivity index (χ0n) is 13.5. The summed E-state index contributed by atoms with van der Waals surface area (Å²) < 4.78 is 13.1. The summed E-state index contributed by atoms with van der Waals surface area (Å²) in [6, 6.07) is 12.2. The van der Waals surface area contributed by atoms with Gasteiger partial charge in [0.1, 0.15) is 5.82 Å². The summed E-state index contributed by atoms with van der Waals surface area (Å²) in [5.74, 6) is -0.654. The van der Waals surface area contributed by atoms with Crippen LogP contribution in [0.2, 0.25) is 0 Å². The van der Waals surface area contributed by atoms with E-state index in [0.29, 0.717) is 24.1 Å². The zero-order valence-corrected chi connectivity index (χ0v) is 13.5. The second-order valence-corrected chi connectivity index (χ2v) is 5.91. The topological polar surface area (TPSA) is 49.3 Å². The number of halogens is 1. The maximum atomic E-state index is 13.1. The average molecular weight is 315 g/mol. The highest BCUT2D eigenvalue weighted by Crippen LogP contribution is 2.12. The Bertz CT molecular complexity index is 668. The van der Waals surface area contributed by atoms with Gasteiger partial charge in [0, 0.05) is 24.6 Å². The fourth-order valence-corrected chi connectivity index (χ4v) is 2.47. The first-order chi connectivity index (χ1) is 11.0. The summed E-state index contributed by atoms with van der Waals surface area (Å²) in [7, 11) is 0. The first-order valence-corrected chi connectivity index (χ1v) is 7.70. The van der Waals surface area contributed by atoms with Crippen molar-refractivity contribution in [2.24, 2.45) is 5.92 Å². The Kier molecular flexibility index (Phi) is 5.88. The monoisotopic (exact) mass is 315 g/mol. The third-order valence-electron chi connectivity index (χ3n) is 3.89. The highest BCUT2D eigenvalue weighted by molar-refractivity contribution is 5.95. The van der Waals surface area contributed by atoms with Gasteiger partial charge < -0.3 is 10.4 Å². The molecule has 0 fully saturated rings. The fraction of sp³-hybridized carbons (Fsp3) is 0.316. The van der Waals surface area contributed by atoms with Gasteiger partial charge in [-0.1, -0.05) is 29.8 Å². The number of nitrogens with one attached hydrogen (secondary N) is 1. The van der Waals surface area contributed by atoms with E-state index < -0.39 is 0 Å². The Morgan fingerprint density at radius 2 is 1.87 bits per heavy atom. The van der Waals surface area contributed by atoms with Gasteiger partial charge in [0.2, 0.25) is 0 Å². The van der Waals surface area contributed by atoms with Gasteiger partial charge in [0.05, 0.1) is 0 Å². The molecule has 0 aliphatic rings. The minimum atomic E-state index is -0.355. The van der Waals surface area contributed by atoms with Crippen molar-refractivity contribution in [1.29, 1.82) is 0 Å². The van der Waals surface area contributed by atoms with Crippen LogP contribution in [0.3, 0.4) is 0 Å². The molecule has 0 radical (unpaired) electrons. The van der Waals surface area contributed by atoms with Crippen LogP contribution >= 0.6 is 0 Å². The maximum Gasteiger partial charge on any atom is 0.251 e. The molecule has 4 heteroatoms. The van der Waals surface area contributed by atoms with Crippen molar-refractivity contribution in [2.45, 2.75) is 20.3 Å². The molecule has 23 heavy (non-hydrogen) atoms. The Morgan fingerprint density at radius 1 is 1.17 bits per heavy atom. The minimum absolute atomic E-state index is 0.00342. The van der Waals surface area contributed by atoms with E-state index in [1.807, 2.05) is 31.2 Å². The lowest BCUT2D eigenvalue weighted by atomic mass is 9.99. The lowest BCUT2D eigenvalue weighted by molar-refractivity contribution is 0.0939. The van der Waals surface area contributed by atoms with Gasteiger partial charge in [-0.25, -0.2) is 4.39 Å². The quantitative estimate of drug-likeness (QED) is 0.861. The van der Waals surface area contributed by atoms with Gasteiger partial charge in [0.25, 0.3) is 5.91 Å². The first kappa shape index (κ1) is 17.2. The molecule has 2 N–H and O–H groups in total. The predicted molar refractivity (Wildman–Crippen MR) is 88.9 cm³/mol. The molecular weight excluding hydrogens is 293 g/mol. The molecule has 0 saturated heterocycles. The number of hydrogen-bond acceptors (Lipinski definition) is 2. The highest BCUT2D eigenvalue weighted by atomic mass is 19.1. The molecule has 0 spiro atoms. The second-order valence-electron chi connectivity index (χ2n) is 5.91.